The van der Waals surface area contributed by atoms with Crippen molar-refractivity contribution in [3.63, 3.8) is 0 Å². The predicted octanol–water partition coefficient (Wildman–Crippen LogP) is 2.60. The molecule has 1 N–H and O–H groups in total. The molecule has 118 valence electrons. The molecule has 0 spiro atoms. The zero-order chi connectivity index (χ0) is 16.1. The van der Waals surface area contributed by atoms with Gasteiger partial charge in [-0.15, -0.1) is 0 Å². The van der Waals surface area contributed by atoms with Gasteiger partial charge in [0.2, 0.25) is 6.79 Å². The number of carbonyl (C=O) groups is 1. The van der Waals surface area contributed by atoms with E-state index < -0.39 is 0 Å². The summed E-state index contributed by atoms with van der Waals surface area (Å²) < 4.78 is 15.8. The smallest absolute Gasteiger partial charge is 0.277 e. The molecule has 0 aromatic heterocycles. The minimum absolute atomic E-state index is 0.155. The van der Waals surface area contributed by atoms with Gasteiger partial charge < -0.3 is 14.2 Å². The molecular weight excluding hydrogens is 320 g/mol. The van der Waals surface area contributed by atoms with E-state index in [0.717, 1.165) is 5.56 Å². The minimum atomic E-state index is -0.368. The fourth-order valence-corrected chi connectivity index (χ4v) is 2.00. The molecule has 23 heavy (non-hydrogen) atoms. The fraction of sp³-hybridized carbons (Fsp3) is 0.125. The van der Waals surface area contributed by atoms with Crippen LogP contribution in [0.1, 0.15) is 5.56 Å². The number of hydrazone groups is 1. The molecule has 3 rings (SSSR count). The standard InChI is InChI=1S/C16H13ClN2O4/c17-12-3-1-11(2-4-12)8-18-19-16(20)9-21-13-5-6-14-15(7-13)23-10-22-14/h1-8H,9-10H2,(H,19,20)/b18-8+. The number of halogens is 1. The van der Waals surface area contributed by atoms with E-state index in [0.29, 0.717) is 22.3 Å². The van der Waals surface area contributed by atoms with E-state index >= 15 is 0 Å². The maximum Gasteiger partial charge on any atom is 0.277 e. The number of rotatable bonds is 5. The molecule has 0 fully saturated rings. The minimum Gasteiger partial charge on any atom is -0.484 e. The zero-order valence-electron chi connectivity index (χ0n) is 12.0. The molecule has 1 amide bonds. The monoisotopic (exact) mass is 332 g/mol. The maximum atomic E-state index is 11.7. The van der Waals surface area contributed by atoms with Gasteiger partial charge in [-0.2, -0.15) is 5.10 Å². The summed E-state index contributed by atoms with van der Waals surface area (Å²) in [5.74, 6) is 1.41. The van der Waals surface area contributed by atoms with E-state index in [1.165, 1.54) is 6.21 Å². The van der Waals surface area contributed by atoms with Crippen molar-refractivity contribution in [2.24, 2.45) is 5.10 Å². The fourth-order valence-electron chi connectivity index (χ4n) is 1.88. The quantitative estimate of drug-likeness (QED) is 0.675. The normalized spacial score (nSPS) is 12.4. The van der Waals surface area contributed by atoms with Crippen LogP contribution in [0.25, 0.3) is 0 Å². The van der Waals surface area contributed by atoms with Crippen molar-refractivity contribution in [3.05, 3.63) is 53.1 Å². The van der Waals surface area contributed by atoms with Gasteiger partial charge in [-0.05, 0) is 29.8 Å². The van der Waals surface area contributed by atoms with Gasteiger partial charge in [-0.3, -0.25) is 4.79 Å². The molecule has 1 aliphatic heterocycles. The van der Waals surface area contributed by atoms with Crippen LogP contribution in [0.4, 0.5) is 0 Å². The first kappa shape index (κ1) is 15.2. The Hall–Kier alpha value is -2.73. The van der Waals surface area contributed by atoms with Crippen molar-refractivity contribution in [2.75, 3.05) is 13.4 Å². The van der Waals surface area contributed by atoms with Crippen LogP contribution in [0.15, 0.2) is 47.6 Å². The van der Waals surface area contributed by atoms with E-state index in [2.05, 4.69) is 10.5 Å². The maximum absolute atomic E-state index is 11.7. The summed E-state index contributed by atoms with van der Waals surface area (Å²) in [7, 11) is 0. The van der Waals surface area contributed by atoms with E-state index in [-0.39, 0.29) is 19.3 Å². The van der Waals surface area contributed by atoms with Crippen molar-refractivity contribution < 1.29 is 19.0 Å². The number of benzene rings is 2. The SMILES string of the molecule is O=C(COc1ccc2c(c1)OCO2)N/N=C/c1ccc(Cl)cc1. The highest BCUT2D eigenvalue weighted by Crippen LogP contribution is 2.34. The van der Waals surface area contributed by atoms with Crippen molar-refractivity contribution in [2.45, 2.75) is 0 Å². The highest BCUT2D eigenvalue weighted by Gasteiger charge is 2.14. The summed E-state index contributed by atoms with van der Waals surface area (Å²) in [6.07, 6.45) is 1.52. The van der Waals surface area contributed by atoms with Crippen molar-refractivity contribution in [1.82, 2.24) is 5.43 Å². The van der Waals surface area contributed by atoms with Crippen molar-refractivity contribution in [3.8, 4) is 17.2 Å². The van der Waals surface area contributed by atoms with Crippen LogP contribution in [0.2, 0.25) is 5.02 Å². The summed E-state index contributed by atoms with van der Waals surface area (Å²) in [5.41, 5.74) is 3.21. The molecule has 0 aliphatic carbocycles. The van der Waals surface area contributed by atoms with Gasteiger partial charge >= 0.3 is 0 Å². The molecule has 6 nitrogen and oxygen atoms in total. The van der Waals surface area contributed by atoms with Crippen LogP contribution in [0.5, 0.6) is 17.2 Å². The topological polar surface area (TPSA) is 69.2 Å². The molecule has 0 saturated heterocycles. The van der Waals surface area contributed by atoms with Gasteiger partial charge in [0.25, 0.3) is 5.91 Å². The Morgan fingerprint density at radius 2 is 2.00 bits per heavy atom. The highest BCUT2D eigenvalue weighted by molar-refractivity contribution is 6.30. The van der Waals surface area contributed by atoms with Gasteiger partial charge in [0, 0.05) is 11.1 Å². The molecule has 0 atom stereocenters. The number of fused-ring (bicyclic) bond motifs is 1. The molecule has 1 aliphatic rings. The van der Waals surface area contributed by atoms with Crippen LogP contribution in [0, 0.1) is 0 Å². The summed E-state index contributed by atoms with van der Waals surface area (Å²) in [4.78, 5) is 11.7. The molecule has 0 unspecified atom stereocenters. The van der Waals surface area contributed by atoms with Crippen LogP contribution in [-0.4, -0.2) is 25.5 Å². The predicted molar refractivity (Wildman–Crippen MR) is 85.2 cm³/mol. The third kappa shape index (κ3) is 4.14. The zero-order valence-corrected chi connectivity index (χ0v) is 12.7. The van der Waals surface area contributed by atoms with E-state index in [1.807, 2.05) is 0 Å². The molecule has 7 heteroatoms. The lowest BCUT2D eigenvalue weighted by molar-refractivity contribution is -0.123. The number of carbonyl (C=O) groups excluding carboxylic acids is 1. The Balaban J connectivity index is 1.47. The molecule has 0 bridgehead atoms. The lowest BCUT2D eigenvalue weighted by atomic mass is 10.2. The third-order valence-corrected chi connectivity index (χ3v) is 3.24. The van der Waals surface area contributed by atoms with E-state index in [9.17, 15) is 4.79 Å². The first-order chi connectivity index (χ1) is 11.2. The van der Waals surface area contributed by atoms with Crippen LogP contribution in [0.3, 0.4) is 0 Å². The average Bonchev–Trinajstić information content (AvgIpc) is 3.02. The second-order valence-electron chi connectivity index (χ2n) is 4.65. The van der Waals surface area contributed by atoms with Gasteiger partial charge in [-0.25, -0.2) is 5.43 Å². The van der Waals surface area contributed by atoms with E-state index in [1.54, 1.807) is 42.5 Å². The van der Waals surface area contributed by atoms with Gasteiger partial charge in [-0.1, -0.05) is 23.7 Å². The van der Waals surface area contributed by atoms with Crippen molar-refractivity contribution >= 4 is 23.7 Å². The lowest BCUT2D eigenvalue weighted by Crippen LogP contribution is -2.24. The summed E-state index contributed by atoms with van der Waals surface area (Å²) in [6, 6.07) is 12.2. The second kappa shape index (κ2) is 7.02. The van der Waals surface area contributed by atoms with Gasteiger partial charge in [0.05, 0.1) is 6.21 Å². The largest absolute Gasteiger partial charge is 0.484 e. The first-order valence-electron chi connectivity index (χ1n) is 6.80. The molecule has 2 aromatic rings. The molecule has 0 saturated carbocycles. The molecule has 0 radical (unpaired) electrons. The molecular formula is C16H13ClN2O4. The second-order valence-corrected chi connectivity index (χ2v) is 5.08. The summed E-state index contributed by atoms with van der Waals surface area (Å²) in [5, 5.41) is 4.49. The number of nitrogens with zero attached hydrogens (tertiary/aromatic N) is 1. The Kier molecular flexibility index (Phi) is 4.63. The number of nitrogens with one attached hydrogen (secondary N) is 1. The van der Waals surface area contributed by atoms with E-state index in [4.69, 9.17) is 25.8 Å². The lowest BCUT2D eigenvalue weighted by Gasteiger charge is -2.05. The van der Waals surface area contributed by atoms with Crippen molar-refractivity contribution in [1.29, 1.82) is 0 Å². The number of amides is 1. The van der Waals surface area contributed by atoms with Crippen LogP contribution >= 0.6 is 11.6 Å². The highest BCUT2D eigenvalue weighted by atomic mass is 35.5. The molecule has 1 heterocycles. The number of hydrogen-bond donors (Lipinski definition) is 1. The Morgan fingerprint density at radius 1 is 1.22 bits per heavy atom. The van der Waals surface area contributed by atoms with Gasteiger partial charge in [0.15, 0.2) is 18.1 Å². The Bertz CT molecular complexity index is 731. The summed E-state index contributed by atoms with van der Waals surface area (Å²) in [6.45, 7) is 0.0380. The Morgan fingerprint density at radius 3 is 2.83 bits per heavy atom. The summed E-state index contributed by atoms with van der Waals surface area (Å²) >= 11 is 5.78. The Labute approximate surface area is 137 Å². The average molecular weight is 333 g/mol. The number of ether oxygens (including phenoxy) is 3. The number of hydrogen-bond acceptors (Lipinski definition) is 5. The third-order valence-electron chi connectivity index (χ3n) is 2.99. The first-order valence-corrected chi connectivity index (χ1v) is 7.18. The van der Waals surface area contributed by atoms with Gasteiger partial charge in [0.1, 0.15) is 5.75 Å². The van der Waals surface area contributed by atoms with Crippen LogP contribution < -0.4 is 19.6 Å². The molecule has 2 aromatic carbocycles. The van der Waals surface area contributed by atoms with Crippen LogP contribution in [-0.2, 0) is 4.79 Å².